The molecule has 0 saturated carbocycles. The van der Waals surface area contributed by atoms with Gasteiger partial charge in [0.2, 0.25) is 0 Å². The summed E-state index contributed by atoms with van der Waals surface area (Å²) < 4.78 is 2.21. The lowest BCUT2D eigenvalue weighted by atomic mass is 10.0. The van der Waals surface area contributed by atoms with Gasteiger partial charge < -0.3 is 4.98 Å². The molecule has 3 rings (SSSR count). The average Bonchev–Trinajstić information content (AvgIpc) is 2.80. The third-order valence-electron chi connectivity index (χ3n) is 4.70. The minimum absolute atomic E-state index is 0.0368. The molecule has 0 bridgehead atoms. The molecule has 0 unspecified atom stereocenters. The highest BCUT2D eigenvalue weighted by atomic mass is 16.1. The van der Waals surface area contributed by atoms with Crippen LogP contribution in [0.4, 0.5) is 0 Å². The van der Waals surface area contributed by atoms with Crippen molar-refractivity contribution in [1.29, 1.82) is 0 Å². The van der Waals surface area contributed by atoms with Crippen LogP contribution in [0.5, 0.6) is 0 Å². The second kappa shape index (κ2) is 5.93. The predicted octanol–water partition coefficient (Wildman–Crippen LogP) is 4.07. The van der Waals surface area contributed by atoms with Crippen LogP contribution in [0.25, 0.3) is 16.7 Å². The fraction of sp³-hybridized carbons (Fsp3) is 0.400. The summed E-state index contributed by atoms with van der Waals surface area (Å²) in [6.07, 6.45) is 1.69. The Balaban J connectivity index is 2.56. The molecular formula is C20H25N3O. The van der Waals surface area contributed by atoms with E-state index < -0.39 is 0 Å². The van der Waals surface area contributed by atoms with Gasteiger partial charge in [0.15, 0.2) is 5.65 Å². The minimum atomic E-state index is -0.0368. The molecule has 2 aromatic heterocycles. The Morgan fingerprint density at radius 3 is 2.21 bits per heavy atom. The van der Waals surface area contributed by atoms with E-state index in [1.165, 1.54) is 22.4 Å². The number of rotatable bonds is 3. The van der Waals surface area contributed by atoms with Crippen molar-refractivity contribution in [3.8, 4) is 5.69 Å². The van der Waals surface area contributed by atoms with E-state index in [-0.39, 0.29) is 5.56 Å². The van der Waals surface area contributed by atoms with Crippen LogP contribution in [-0.2, 0) is 12.8 Å². The van der Waals surface area contributed by atoms with Gasteiger partial charge in [0, 0.05) is 5.69 Å². The molecule has 0 aliphatic heterocycles. The van der Waals surface area contributed by atoms with E-state index in [4.69, 9.17) is 4.98 Å². The molecule has 0 radical (unpaired) electrons. The van der Waals surface area contributed by atoms with Crippen LogP contribution in [0.3, 0.4) is 0 Å². The SMILES string of the molecule is CCc1c(CC)n(-c2c(C)cc(C)cc2C)c2nc(C)[nH]c(=O)c12. The van der Waals surface area contributed by atoms with Gasteiger partial charge >= 0.3 is 0 Å². The van der Waals surface area contributed by atoms with Gasteiger partial charge in [-0.15, -0.1) is 0 Å². The van der Waals surface area contributed by atoms with Crippen molar-refractivity contribution in [2.24, 2.45) is 0 Å². The van der Waals surface area contributed by atoms with Crippen LogP contribution >= 0.6 is 0 Å². The van der Waals surface area contributed by atoms with Gasteiger partial charge in [0.05, 0.1) is 11.1 Å². The zero-order valence-corrected chi connectivity index (χ0v) is 15.4. The molecule has 1 aromatic carbocycles. The molecule has 0 fully saturated rings. The molecule has 0 amide bonds. The normalized spacial score (nSPS) is 11.4. The first-order valence-corrected chi connectivity index (χ1v) is 8.60. The highest BCUT2D eigenvalue weighted by Gasteiger charge is 2.22. The molecule has 0 spiro atoms. The molecule has 0 atom stereocenters. The fourth-order valence-corrected chi connectivity index (χ4v) is 3.93. The van der Waals surface area contributed by atoms with E-state index in [2.05, 4.69) is 56.3 Å². The lowest BCUT2D eigenvalue weighted by molar-refractivity contribution is 0.902. The number of aromatic nitrogens is 3. The van der Waals surface area contributed by atoms with Gasteiger partial charge in [-0.1, -0.05) is 31.5 Å². The van der Waals surface area contributed by atoms with Crippen molar-refractivity contribution in [1.82, 2.24) is 14.5 Å². The Morgan fingerprint density at radius 1 is 1.04 bits per heavy atom. The van der Waals surface area contributed by atoms with E-state index in [1.54, 1.807) is 0 Å². The number of aryl methyl sites for hydroxylation is 5. The summed E-state index contributed by atoms with van der Waals surface area (Å²) >= 11 is 0. The second-order valence-electron chi connectivity index (χ2n) is 6.57. The van der Waals surface area contributed by atoms with Crippen molar-refractivity contribution in [2.75, 3.05) is 0 Å². The molecule has 0 saturated heterocycles. The van der Waals surface area contributed by atoms with E-state index in [0.717, 1.165) is 35.1 Å². The molecular weight excluding hydrogens is 298 g/mol. The summed E-state index contributed by atoms with van der Waals surface area (Å²) in [5.74, 6) is 0.652. The van der Waals surface area contributed by atoms with Crippen molar-refractivity contribution < 1.29 is 0 Å². The van der Waals surface area contributed by atoms with Gasteiger partial charge in [-0.25, -0.2) is 4.98 Å². The van der Waals surface area contributed by atoms with Gasteiger partial charge in [-0.3, -0.25) is 9.36 Å². The molecule has 4 nitrogen and oxygen atoms in total. The summed E-state index contributed by atoms with van der Waals surface area (Å²) in [6, 6.07) is 4.39. The maximum atomic E-state index is 12.6. The van der Waals surface area contributed by atoms with Crippen LogP contribution in [0.1, 0.15) is 47.6 Å². The number of nitrogens with zero attached hydrogens (tertiary/aromatic N) is 2. The largest absolute Gasteiger partial charge is 0.310 e. The minimum Gasteiger partial charge on any atom is -0.310 e. The number of aromatic amines is 1. The Bertz CT molecular complexity index is 969. The smallest absolute Gasteiger partial charge is 0.260 e. The summed E-state index contributed by atoms with van der Waals surface area (Å²) in [4.78, 5) is 20.2. The van der Waals surface area contributed by atoms with Gasteiger partial charge in [-0.05, 0) is 57.2 Å². The number of benzene rings is 1. The number of nitrogens with one attached hydrogen (secondary N) is 1. The van der Waals surface area contributed by atoms with E-state index in [1.807, 2.05) is 6.92 Å². The van der Waals surface area contributed by atoms with Crippen LogP contribution in [-0.4, -0.2) is 14.5 Å². The van der Waals surface area contributed by atoms with Crippen LogP contribution in [0, 0.1) is 27.7 Å². The first-order chi connectivity index (χ1) is 11.4. The van der Waals surface area contributed by atoms with Crippen LogP contribution in [0.2, 0.25) is 0 Å². The second-order valence-corrected chi connectivity index (χ2v) is 6.57. The number of fused-ring (bicyclic) bond motifs is 1. The quantitative estimate of drug-likeness (QED) is 0.790. The molecule has 3 aromatic rings. The van der Waals surface area contributed by atoms with E-state index in [0.29, 0.717) is 5.82 Å². The fourth-order valence-electron chi connectivity index (χ4n) is 3.93. The first kappa shape index (κ1) is 16.5. The molecule has 1 N–H and O–H groups in total. The Hall–Kier alpha value is -2.36. The third kappa shape index (κ3) is 2.37. The van der Waals surface area contributed by atoms with Crippen molar-refractivity contribution >= 4 is 11.0 Å². The highest BCUT2D eigenvalue weighted by molar-refractivity contribution is 5.84. The summed E-state index contributed by atoms with van der Waals surface area (Å²) in [5, 5.41) is 0.735. The number of hydrogen-bond donors (Lipinski definition) is 1. The molecule has 2 heterocycles. The van der Waals surface area contributed by atoms with Crippen molar-refractivity contribution in [3.63, 3.8) is 0 Å². The summed E-state index contributed by atoms with van der Waals surface area (Å²) in [7, 11) is 0. The lowest BCUT2D eigenvalue weighted by Crippen LogP contribution is -2.11. The summed E-state index contributed by atoms with van der Waals surface area (Å²) in [5.41, 5.74) is 7.86. The molecule has 0 aliphatic carbocycles. The first-order valence-electron chi connectivity index (χ1n) is 8.60. The predicted molar refractivity (Wildman–Crippen MR) is 99.4 cm³/mol. The number of hydrogen-bond acceptors (Lipinski definition) is 2. The standard InChI is InChI=1S/C20H25N3O/c1-7-15-16(8-2)23(18-12(4)9-11(3)10-13(18)5)19-17(15)20(24)22-14(6)21-19/h9-10H,7-8H2,1-6H3,(H,21,22,24). The molecule has 24 heavy (non-hydrogen) atoms. The van der Waals surface area contributed by atoms with Gasteiger partial charge in [-0.2, -0.15) is 0 Å². The zero-order valence-electron chi connectivity index (χ0n) is 15.4. The van der Waals surface area contributed by atoms with Crippen LogP contribution < -0.4 is 5.56 Å². The van der Waals surface area contributed by atoms with E-state index >= 15 is 0 Å². The average molecular weight is 323 g/mol. The maximum absolute atomic E-state index is 12.6. The van der Waals surface area contributed by atoms with Gasteiger partial charge in [0.1, 0.15) is 5.82 Å². The molecule has 126 valence electrons. The van der Waals surface area contributed by atoms with Crippen molar-refractivity contribution in [2.45, 2.75) is 54.4 Å². The van der Waals surface area contributed by atoms with Crippen molar-refractivity contribution in [3.05, 3.63) is 56.3 Å². The Morgan fingerprint density at radius 2 is 1.67 bits per heavy atom. The highest BCUT2D eigenvalue weighted by Crippen LogP contribution is 2.31. The maximum Gasteiger partial charge on any atom is 0.260 e. The topological polar surface area (TPSA) is 50.7 Å². The van der Waals surface area contributed by atoms with E-state index in [9.17, 15) is 4.79 Å². The Kier molecular flexibility index (Phi) is 4.08. The number of H-pyrrole nitrogens is 1. The van der Waals surface area contributed by atoms with Gasteiger partial charge in [0.25, 0.3) is 5.56 Å². The summed E-state index contributed by atoms with van der Waals surface area (Å²) in [6.45, 7) is 12.5. The lowest BCUT2D eigenvalue weighted by Gasteiger charge is -2.17. The monoisotopic (exact) mass is 323 g/mol. The molecule has 4 heteroatoms. The molecule has 0 aliphatic rings. The zero-order chi connectivity index (χ0) is 17.6. The third-order valence-corrected chi connectivity index (χ3v) is 4.70. The van der Waals surface area contributed by atoms with Crippen LogP contribution in [0.15, 0.2) is 16.9 Å². The Labute approximate surface area is 142 Å².